The second-order valence-electron chi connectivity index (χ2n) is 6.25. The maximum atomic E-state index is 12.6. The molecule has 1 saturated carbocycles. The van der Waals surface area contributed by atoms with E-state index in [2.05, 4.69) is 5.32 Å². The number of aliphatic carboxylic acids is 1. The molecule has 2 aliphatic rings. The van der Waals surface area contributed by atoms with Crippen molar-refractivity contribution >= 4 is 11.9 Å². The molecule has 0 radical (unpaired) electrons. The van der Waals surface area contributed by atoms with Gasteiger partial charge in [-0.1, -0.05) is 12.1 Å². The first-order valence-electron chi connectivity index (χ1n) is 7.53. The van der Waals surface area contributed by atoms with Crippen molar-refractivity contribution in [2.45, 2.75) is 30.5 Å². The van der Waals surface area contributed by atoms with E-state index in [1.54, 1.807) is 0 Å². The van der Waals surface area contributed by atoms with Crippen molar-refractivity contribution in [1.29, 1.82) is 0 Å². The Morgan fingerprint density at radius 1 is 1.25 bits per heavy atom. The van der Waals surface area contributed by atoms with Crippen LogP contribution < -0.4 is 5.32 Å². The molecule has 1 amide bonds. The van der Waals surface area contributed by atoms with Gasteiger partial charge in [-0.3, -0.25) is 4.79 Å². The van der Waals surface area contributed by atoms with Crippen molar-refractivity contribution in [2.75, 3.05) is 13.2 Å². The van der Waals surface area contributed by atoms with Gasteiger partial charge in [0, 0.05) is 18.9 Å². The third kappa shape index (κ3) is 3.10. The number of carboxylic acids is 1. The van der Waals surface area contributed by atoms with Gasteiger partial charge in [-0.25, -0.2) is 4.79 Å². The van der Waals surface area contributed by atoms with E-state index in [1.807, 2.05) is 0 Å². The van der Waals surface area contributed by atoms with Gasteiger partial charge < -0.3 is 15.2 Å². The first-order chi connectivity index (χ1) is 11.2. The molecular weight excluding hydrogens is 327 g/mol. The van der Waals surface area contributed by atoms with Gasteiger partial charge in [-0.15, -0.1) is 0 Å². The smallest absolute Gasteiger partial charge is 0.416 e. The highest BCUT2D eigenvalue weighted by Crippen LogP contribution is 2.48. The van der Waals surface area contributed by atoms with Crippen LogP contribution in [0.2, 0.25) is 0 Å². The van der Waals surface area contributed by atoms with Crippen LogP contribution in [0.3, 0.4) is 0 Å². The number of carbonyl (C=O) groups is 2. The largest absolute Gasteiger partial charge is 0.479 e. The first-order valence-corrected chi connectivity index (χ1v) is 7.53. The summed E-state index contributed by atoms with van der Waals surface area (Å²) in [6.07, 6.45) is -3.70. The predicted octanol–water partition coefficient (Wildman–Crippen LogP) is 2.17. The molecule has 0 bridgehead atoms. The number of carboxylic acid groups (broad SMARTS) is 1. The molecule has 5 nitrogen and oxygen atoms in total. The monoisotopic (exact) mass is 343 g/mol. The fourth-order valence-electron chi connectivity index (χ4n) is 2.99. The van der Waals surface area contributed by atoms with E-state index >= 15 is 0 Å². The van der Waals surface area contributed by atoms with Gasteiger partial charge >= 0.3 is 12.1 Å². The number of rotatable bonds is 4. The number of alkyl halides is 3. The van der Waals surface area contributed by atoms with E-state index in [4.69, 9.17) is 4.74 Å². The number of carbonyl (C=O) groups excluding carboxylic acids is 1. The quantitative estimate of drug-likeness (QED) is 0.879. The lowest BCUT2D eigenvalue weighted by atomic mass is 9.98. The second kappa shape index (κ2) is 5.77. The molecule has 1 heterocycles. The van der Waals surface area contributed by atoms with Gasteiger partial charge in [0.25, 0.3) is 0 Å². The van der Waals surface area contributed by atoms with Crippen molar-refractivity contribution in [1.82, 2.24) is 5.32 Å². The minimum Gasteiger partial charge on any atom is -0.479 e. The number of nitrogens with one attached hydrogen (secondary N) is 1. The van der Waals surface area contributed by atoms with Crippen LogP contribution in [-0.2, 0) is 20.5 Å². The lowest BCUT2D eigenvalue weighted by Gasteiger charge is -2.23. The third-order valence-electron chi connectivity index (χ3n) is 4.59. The summed E-state index contributed by atoms with van der Waals surface area (Å²) in [5, 5.41) is 11.8. The van der Waals surface area contributed by atoms with Crippen molar-refractivity contribution in [2.24, 2.45) is 5.92 Å². The van der Waals surface area contributed by atoms with E-state index in [-0.39, 0.29) is 25.6 Å². The van der Waals surface area contributed by atoms with Gasteiger partial charge in [-0.05, 0) is 30.0 Å². The molecule has 0 aromatic heterocycles. The first kappa shape index (κ1) is 16.8. The zero-order valence-electron chi connectivity index (χ0n) is 12.6. The highest BCUT2D eigenvalue weighted by Gasteiger charge is 2.50. The summed E-state index contributed by atoms with van der Waals surface area (Å²) < 4.78 is 42.7. The Kier molecular flexibility index (Phi) is 4.03. The molecule has 3 unspecified atom stereocenters. The van der Waals surface area contributed by atoms with Gasteiger partial charge in [0.2, 0.25) is 5.91 Å². The van der Waals surface area contributed by atoms with Crippen LogP contribution in [0.15, 0.2) is 24.3 Å². The summed E-state index contributed by atoms with van der Waals surface area (Å²) in [5.74, 6) is -2.13. The Hall–Kier alpha value is -2.09. The summed E-state index contributed by atoms with van der Waals surface area (Å²) in [6.45, 7) is 0.186. The summed E-state index contributed by atoms with van der Waals surface area (Å²) in [4.78, 5) is 23.7. The minimum atomic E-state index is -4.39. The number of ether oxygens (including phenoxy) is 1. The van der Waals surface area contributed by atoms with Crippen molar-refractivity contribution in [3.05, 3.63) is 35.4 Å². The third-order valence-corrected chi connectivity index (χ3v) is 4.59. The number of hydrogen-bond donors (Lipinski definition) is 2. The zero-order valence-corrected chi connectivity index (χ0v) is 12.6. The Bertz CT molecular complexity index is 650. The van der Waals surface area contributed by atoms with E-state index < -0.39 is 35.1 Å². The maximum Gasteiger partial charge on any atom is 0.416 e. The molecule has 2 fully saturated rings. The molecule has 24 heavy (non-hydrogen) atoms. The van der Waals surface area contributed by atoms with Crippen LogP contribution in [0.25, 0.3) is 0 Å². The molecule has 130 valence electrons. The normalized spacial score (nSPS) is 29.3. The van der Waals surface area contributed by atoms with Crippen LogP contribution >= 0.6 is 0 Å². The lowest BCUT2D eigenvalue weighted by Crippen LogP contribution is -2.55. The molecule has 3 atom stereocenters. The standard InChI is InChI=1S/C16H16F3NO4/c17-16(18,19)10-3-1-9(2-4-10)11-7-12(11)13(21)20-15(14(22)23)5-6-24-8-15/h1-4,11-12H,5-8H2,(H,20,21)(H,22,23). The SMILES string of the molecule is O=C(NC1(C(=O)O)CCOC1)C1CC1c1ccc(C(F)(F)F)cc1. The highest BCUT2D eigenvalue weighted by atomic mass is 19.4. The molecule has 8 heteroatoms. The number of hydrogen-bond acceptors (Lipinski definition) is 3. The topological polar surface area (TPSA) is 75.6 Å². The molecule has 1 aliphatic carbocycles. The summed E-state index contributed by atoms with van der Waals surface area (Å²) >= 11 is 0. The molecular formula is C16H16F3NO4. The molecule has 2 N–H and O–H groups in total. The van der Waals surface area contributed by atoms with Crippen molar-refractivity contribution in [3.63, 3.8) is 0 Å². The molecule has 1 aromatic rings. The Labute approximate surface area is 135 Å². The fourth-order valence-corrected chi connectivity index (χ4v) is 2.99. The van der Waals surface area contributed by atoms with E-state index in [0.717, 1.165) is 12.1 Å². The second-order valence-corrected chi connectivity index (χ2v) is 6.25. The molecule has 0 spiro atoms. The maximum absolute atomic E-state index is 12.6. The fraction of sp³-hybridized carbons (Fsp3) is 0.500. The molecule has 1 aromatic carbocycles. The summed E-state index contributed by atoms with van der Waals surface area (Å²) in [6, 6.07) is 4.72. The molecule has 3 rings (SSSR count). The van der Waals surface area contributed by atoms with Gasteiger partial charge in [0.15, 0.2) is 5.54 Å². The van der Waals surface area contributed by atoms with Crippen LogP contribution in [0, 0.1) is 5.92 Å². The molecule has 1 saturated heterocycles. The van der Waals surface area contributed by atoms with Crippen LogP contribution in [0.1, 0.15) is 29.9 Å². The van der Waals surface area contributed by atoms with Crippen molar-refractivity contribution in [3.8, 4) is 0 Å². The predicted molar refractivity (Wildman–Crippen MR) is 76.2 cm³/mol. The average molecular weight is 343 g/mol. The lowest BCUT2D eigenvalue weighted by molar-refractivity contribution is -0.147. The average Bonchev–Trinajstić information content (AvgIpc) is 3.18. The van der Waals surface area contributed by atoms with Crippen LogP contribution in [0.5, 0.6) is 0 Å². The van der Waals surface area contributed by atoms with Gasteiger partial charge in [0.1, 0.15) is 0 Å². The zero-order chi connectivity index (χ0) is 17.5. The number of benzene rings is 1. The van der Waals surface area contributed by atoms with Crippen molar-refractivity contribution < 1.29 is 32.6 Å². The van der Waals surface area contributed by atoms with Gasteiger partial charge in [-0.2, -0.15) is 13.2 Å². The van der Waals surface area contributed by atoms with Gasteiger partial charge in [0.05, 0.1) is 12.2 Å². The Morgan fingerprint density at radius 3 is 2.42 bits per heavy atom. The number of amides is 1. The van der Waals surface area contributed by atoms with Crippen LogP contribution in [-0.4, -0.2) is 35.7 Å². The Balaban J connectivity index is 1.64. The van der Waals surface area contributed by atoms with Crippen LogP contribution in [0.4, 0.5) is 13.2 Å². The summed E-state index contributed by atoms with van der Waals surface area (Å²) in [7, 11) is 0. The molecule has 1 aliphatic heterocycles. The van der Waals surface area contributed by atoms with E-state index in [0.29, 0.717) is 12.0 Å². The Morgan fingerprint density at radius 2 is 1.92 bits per heavy atom. The number of halogens is 3. The minimum absolute atomic E-state index is 0.0776. The van der Waals surface area contributed by atoms with E-state index in [9.17, 15) is 27.9 Å². The highest BCUT2D eigenvalue weighted by molar-refractivity contribution is 5.90. The van der Waals surface area contributed by atoms with E-state index in [1.165, 1.54) is 12.1 Å². The summed E-state index contributed by atoms with van der Waals surface area (Å²) in [5.41, 5.74) is -1.49.